The molecular weight excluding hydrogens is 407 g/mol. The number of halogens is 1. The molecule has 7 heteroatoms. The van der Waals surface area contributed by atoms with Gasteiger partial charge in [0.15, 0.2) is 0 Å². The maximum Gasteiger partial charge on any atom is 0.274 e. The van der Waals surface area contributed by atoms with Gasteiger partial charge >= 0.3 is 0 Å². The summed E-state index contributed by atoms with van der Waals surface area (Å²) >= 11 is 3.15. The highest BCUT2D eigenvalue weighted by atomic mass is 32.2. The fraction of sp³-hybridized carbons (Fsp3) is 0.364. The summed E-state index contributed by atoms with van der Waals surface area (Å²) in [4.78, 5) is 20.3. The van der Waals surface area contributed by atoms with Crippen molar-refractivity contribution in [3.8, 4) is 5.19 Å². The van der Waals surface area contributed by atoms with Crippen LogP contribution in [0.2, 0.25) is 0 Å². The Hall–Kier alpha value is -2.12. The largest absolute Gasteiger partial charge is 0.467 e. The van der Waals surface area contributed by atoms with E-state index in [1.807, 2.05) is 29.2 Å². The third-order valence-corrected chi connectivity index (χ3v) is 6.73. The molecule has 29 heavy (non-hydrogen) atoms. The first-order valence-electron chi connectivity index (χ1n) is 9.76. The Morgan fingerprint density at radius 2 is 1.93 bits per heavy atom. The molecule has 152 valence electrons. The van der Waals surface area contributed by atoms with Crippen LogP contribution in [-0.4, -0.2) is 40.2 Å². The number of carbonyl (C=O) groups is 1. The van der Waals surface area contributed by atoms with Crippen molar-refractivity contribution < 1.29 is 13.9 Å². The fourth-order valence-electron chi connectivity index (χ4n) is 3.38. The van der Waals surface area contributed by atoms with Crippen LogP contribution >= 0.6 is 23.1 Å². The number of thiazole rings is 1. The van der Waals surface area contributed by atoms with Gasteiger partial charge in [-0.25, -0.2) is 9.37 Å². The van der Waals surface area contributed by atoms with Crippen molar-refractivity contribution in [1.82, 2.24) is 9.88 Å². The minimum absolute atomic E-state index is 0.0225. The molecule has 0 unspecified atom stereocenters. The number of thioether (sulfide) groups is 1. The second-order valence-electron chi connectivity index (χ2n) is 7.39. The standard InChI is InChI=1S/C22H23FN2O2S2/c1-14(2)28-18-6-3-15(4-7-18)21(26)25-11-9-17(10-12-25)27-22-24-19-8-5-16(23)13-20(19)29-22/h3-8,13-14,17H,9-12H2,1-2H3. The average Bonchev–Trinajstić information content (AvgIpc) is 3.09. The van der Waals surface area contributed by atoms with Crippen molar-refractivity contribution in [2.75, 3.05) is 13.1 Å². The lowest BCUT2D eigenvalue weighted by Crippen LogP contribution is -2.41. The summed E-state index contributed by atoms with van der Waals surface area (Å²) in [6.07, 6.45) is 1.54. The number of piperidine rings is 1. The van der Waals surface area contributed by atoms with Crippen LogP contribution in [0.3, 0.4) is 0 Å². The van der Waals surface area contributed by atoms with Crippen LogP contribution in [0.15, 0.2) is 47.4 Å². The van der Waals surface area contributed by atoms with Gasteiger partial charge in [0.2, 0.25) is 0 Å². The molecular formula is C22H23FN2O2S2. The molecule has 1 amide bonds. The Morgan fingerprint density at radius 3 is 2.62 bits per heavy atom. The highest BCUT2D eigenvalue weighted by Gasteiger charge is 2.25. The van der Waals surface area contributed by atoms with Gasteiger partial charge in [0.1, 0.15) is 11.9 Å². The Bertz CT molecular complexity index is 996. The zero-order valence-electron chi connectivity index (χ0n) is 16.4. The predicted octanol–water partition coefficient (Wildman–Crippen LogP) is 5.62. The predicted molar refractivity (Wildman–Crippen MR) is 117 cm³/mol. The maximum atomic E-state index is 13.3. The third kappa shape index (κ3) is 4.90. The smallest absolute Gasteiger partial charge is 0.274 e. The van der Waals surface area contributed by atoms with Gasteiger partial charge in [0.25, 0.3) is 11.1 Å². The monoisotopic (exact) mass is 430 g/mol. The summed E-state index contributed by atoms with van der Waals surface area (Å²) in [7, 11) is 0. The molecule has 2 aromatic carbocycles. The molecule has 1 fully saturated rings. The van der Waals surface area contributed by atoms with Crippen molar-refractivity contribution in [2.45, 2.75) is 42.9 Å². The summed E-state index contributed by atoms with van der Waals surface area (Å²) in [6, 6.07) is 12.4. The molecule has 0 spiro atoms. The van der Waals surface area contributed by atoms with E-state index in [1.165, 1.54) is 28.4 Å². The molecule has 2 heterocycles. The first-order valence-corrected chi connectivity index (χ1v) is 11.5. The normalized spacial score (nSPS) is 15.2. The minimum atomic E-state index is -0.268. The molecule has 4 rings (SSSR count). The van der Waals surface area contributed by atoms with Gasteiger partial charge < -0.3 is 9.64 Å². The second-order valence-corrected chi connectivity index (χ2v) is 10.0. The molecule has 1 saturated heterocycles. The summed E-state index contributed by atoms with van der Waals surface area (Å²) in [5, 5.41) is 1.08. The SMILES string of the molecule is CC(C)Sc1ccc(C(=O)N2CCC(Oc3nc4ccc(F)cc4s3)CC2)cc1. The average molecular weight is 431 g/mol. The van der Waals surface area contributed by atoms with Crippen molar-refractivity contribution in [3.05, 3.63) is 53.8 Å². The molecule has 0 N–H and O–H groups in total. The lowest BCUT2D eigenvalue weighted by atomic mass is 10.1. The molecule has 0 radical (unpaired) electrons. The molecule has 0 saturated carbocycles. The van der Waals surface area contributed by atoms with Gasteiger partial charge in [-0.2, -0.15) is 0 Å². The van der Waals surface area contributed by atoms with Crippen LogP contribution in [0.4, 0.5) is 4.39 Å². The zero-order chi connectivity index (χ0) is 20.4. The van der Waals surface area contributed by atoms with Crippen LogP contribution in [0.5, 0.6) is 5.19 Å². The van der Waals surface area contributed by atoms with Gasteiger partial charge in [-0.15, -0.1) is 11.8 Å². The number of likely N-dealkylation sites (tertiary alicyclic amines) is 1. The van der Waals surface area contributed by atoms with Crippen LogP contribution in [0.1, 0.15) is 37.0 Å². The summed E-state index contributed by atoms with van der Waals surface area (Å²) in [6.45, 7) is 5.63. The molecule has 1 aliphatic heterocycles. The van der Waals surface area contributed by atoms with Crippen molar-refractivity contribution in [1.29, 1.82) is 0 Å². The van der Waals surface area contributed by atoms with E-state index in [0.29, 0.717) is 23.5 Å². The first kappa shape index (κ1) is 20.2. The Balaban J connectivity index is 1.33. The number of benzene rings is 2. The number of amides is 1. The Labute approximate surface area is 178 Å². The van der Waals surface area contributed by atoms with Crippen LogP contribution in [0, 0.1) is 5.82 Å². The van der Waals surface area contributed by atoms with Gasteiger partial charge in [-0.1, -0.05) is 25.2 Å². The summed E-state index contributed by atoms with van der Waals surface area (Å²) in [5.74, 6) is -0.199. The maximum absolute atomic E-state index is 13.3. The minimum Gasteiger partial charge on any atom is -0.467 e. The van der Waals surface area contributed by atoms with Gasteiger partial charge in [0, 0.05) is 41.6 Å². The zero-order valence-corrected chi connectivity index (χ0v) is 18.1. The number of rotatable bonds is 5. The number of nitrogens with zero attached hydrogens (tertiary/aromatic N) is 2. The summed E-state index contributed by atoms with van der Waals surface area (Å²) < 4.78 is 20.1. The molecule has 3 aromatic rings. The Kier molecular flexibility index (Phi) is 6.06. The van der Waals surface area contributed by atoms with Crippen LogP contribution < -0.4 is 4.74 Å². The highest BCUT2D eigenvalue weighted by Crippen LogP contribution is 2.30. The quantitative estimate of drug-likeness (QED) is 0.493. The van der Waals surface area contributed by atoms with E-state index in [0.717, 1.165) is 28.6 Å². The van der Waals surface area contributed by atoms with E-state index >= 15 is 0 Å². The number of hydrogen-bond acceptors (Lipinski definition) is 5. The lowest BCUT2D eigenvalue weighted by Gasteiger charge is -2.31. The Morgan fingerprint density at radius 1 is 1.21 bits per heavy atom. The van der Waals surface area contributed by atoms with Crippen LogP contribution in [-0.2, 0) is 0 Å². The first-order chi connectivity index (χ1) is 14.0. The van der Waals surface area contributed by atoms with E-state index in [-0.39, 0.29) is 17.8 Å². The van der Waals surface area contributed by atoms with Gasteiger partial charge in [-0.3, -0.25) is 4.79 Å². The number of ether oxygens (including phenoxy) is 1. The van der Waals surface area contributed by atoms with E-state index in [9.17, 15) is 9.18 Å². The van der Waals surface area contributed by atoms with E-state index in [2.05, 4.69) is 18.8 Å². The van der Waals surface area contributed by atoms with Gasteiger partial charge in [0.05, 0.1) is 10.2 Å². The topological polar surface area (TPSA) is 42.4 Å². The van der Waals surface area contributed by atoms with Crippen molar-refractivity contribution in [2.24, 2.45) is 0 Å². The highest BCUT2D eigenvalue weighted by molar-refractivity contribution is 7.99. The molecule has 4 nitrogen and oxygen atoms in total. The van der Waals surface area contributed by atoms with Gasteiger partial charge in [-0.05, 0) is 42.5 Å². The molecule has 1 aromatic heterocycles. The fourth-order valence-corrected chi connectivity index (χ4v) is 5.12. The second kappa shape index (κ2) is 8.71. The molecule has 1 aliphatic rings. The summed E-state index contributed by atoms with van der Waals surface area (Å²) in [5.41, 5.74) is 1.48. The number of carbonyl (C=O) groups excluding carboxylic acids is 1. The number of aromatic nitrogens is 1. The molecule has 0 atom stereocenters. The lowest BCUT2D eigenvalue weighted by molar-refractivity contribution is 0.0595. The van der Waals surface area contributed by atoms with Crippen molar-refractivity contribution >= 4 is 39.2 Å². The van der Waals surface area contributed by atoms with Crippen LogP contribution in [0.25, 0.3) is 10.2 Å². The van der Waals surface area contributed by atoms with Crippen molar-refractivity contribution in [3.63, 3.8) is 0 Å². The van der Waals surface area contributed by atoms with E-state index in [4.69, 9.17) is 4.74 Å². The number of fused-ring (bicyclic) bond motifs is 1. The molecule has 0 aliphatic carbocycles. The third-order valence-electron chi connectivity index (χ3n) is 4.80. The van der Waals surface area contributed by atoms with E-state index < -0.39 is 0 Å². The molecule has 0 bridgehead atoms. The number of hydrogen-bond donors (Lipinski definition) is 0. The van der Waals surface area contributed by atoms with E-state index in [1.54, 1.807) is 17.8 Å².